The van der Waals surface area contributed by atoms with E-state index < -0.39 is 107 Å². The number of aliphatic hydroxyl groups is 4. The standard InChI is InChI=1S/C44H54O12/c1-24(2)40-21-29(22-51-37(47)27-16-10-7-11-17-27)43-32-35(40)54-44(55-40,56-43)30(46)20-14-6-5-9-15-25(3)31-26(4)34(52-38(48)28-18-12-8-13-19-28)42(50,33(31)43)39(49)41(23-45)36(32)53-41/h7-8,10-13,16-19,25-26,29-36,39,45-46,49-50H,1,5-6,9,14-15,20-23H2,2-4H3/t25-,26+,29+,30-,31?,32?,33?,34+,35-,36+,39-,40-,41+,42-,43-,44?/m1/s1. The van der Waals surface area contributed by atoms with Crippen molar-refractivity contribution in [2.45, 2.75) is 125 Å². The molecule has 56 heavy (non-hydrogen) atoms. The van der Waals surface area contributed by atoms with E-state index >= 15 is 0 Å². The lowest BCUT2D eigenvalue weighted by molar-refractivity contribution is -0.459. The van der Waals surface area contributed by atoms with Crippen LogP contribution in [0.4, 0.5) is 0 Å². The smallest absolute Gasteiger partial charge is 0.338 e. The topological polar surface area (TPSA) is 174 Å². The summed E-state index contributed by atoms with van der Waals surface area (Å²) < 4.78 is 40.4. The molecule has 9 rings (SSSR count). The zero-order valence-electron chi connectivity index (χ0n) is 32.3. The van der Waals surface area contributed by atoms with Gasteiger partial charge in [-0.05, 0) is 67.4 Å². The first-order chi connectivity index (χ1) is 26.8. The van der Waals surface area contributed by atoms with Gasteiger partial charge in [0.2, 0.25) is 0 Å². The van der Waals surface area contributed by atoms with Gasteiger partial charge in [-0.15, -0.1) is 0 Å². The Bertz CT molecular complexity index is 1860. The third kappa shape index (κ3) is 5.12. The van der Waals surface area contributed by atoms with Crippen molar-refractivity contribution in [2.24, 2.45) is 35.5 Å². The van der Waals surface area contributed by atoms with E-state index in [2.05, 4.69) is 13.5 Å². The maximum Gasteiger partial charge on any atom is 0.338 e. The predicted molar refractivity (Wildman–Crippen MR) is 199 cm³/mol. The minimum atomic E-state index is -2.27. The minimum Gasteiger partial charge on any atom is -0.462 e. The first-order valence-electron chi connectivity index (χ1n) is 20.4. The summed E-state index contributed by atoms with van der Waals surface area (Å²) in [7, 11) is 0. The lowest BCUT2D eigenvalue weighted by atomic mass is 9.51. The molecule has 3 saturated carbocycles. The van der Waals surface area contributed by atoms with Crippen LogP contribution in [0.1, 0.15) is 86.4 Å². The summed E-state index contributed by atoms with van der Waals surface area (Å²) in [5, 5.41) is 50.1. The molecule has 4 saturated heterocycles. The fourth-order valence-corrected chi connectivity index (χ4v) is 12.4. The van der Waals surface area contributed by atoms with E-state index in [0.717, 1.165) is 25.7 Å². The number of carbonyl (C=O) groups excluding carboxylic acids is 2. The van der Waals surface area contributed by atoms with Crippen molar-refractivity contribution in [3.8, 4) is 0 Å². The maximum atomic E-state index is 14.0. The molecule has 4 aliphatic heterocycles. The van der Waals surface area contributed by atoms with Gasteiger partial charge in [-0.3, -0.25) is 0 Å². The molecule has 16 atom stereocenters. The summed E-state index contributed by atoms with van der Waals surface area (Å²) in [6, 6.07) is 17.2. The molecule has 3 bridgehead atoms. The van der Waals surface area contributed by atoms with Gasteiger partial charge in [0.15, 0.2) is 0 Å². The van der Waals surface area contributed by atoms with Gasteiger partial charge in [0, 0.05) is 17.8 Å². The van der Waals surface area contributed by atoms with E-state index in [0.29, 0.717) is 24.0 Å². The number of ether oxygens (including phenoxy) is 6. The number of esters is 2. The summed E-state index contributed by atoms with van der Waals surface area (Å²) in [6.45, 7) is 9.43. The van der Waals surface area contributed by atoms with Gasteiger partial charge in [0.25, 0.3) is 0 Å². The number of benzene rings is 2. The highest BCUT2D eigenvalue weighted by Gasteiger charge is 2.91. The molecule has 0 amide bonds. The highest BCUT2D eigenvalue weighted by Crippen LogP contribution is 2.75. The SMILES string of the molecule is C=C(C)[C@]12C[C@@H](COC(=O)c3ccccc3)[C@@]34OC5(O[C@@H]1C3[C@@H]1O[C@]1(CO)[C@@H](O)[C@@]1(O)C4C([C@H](C)CCCCCC[C@H]5O)[C@H](C)[C@@H]1OC(=O)c1ccccc1)O2. The van der Waals surface area contributed by atoms with Crippen molar-refractivity contribution in [3.63, 3.8) is 0 Å². The van der Waals surface area contributed by atoms with Crippen LogP contribution in [0, 0.1) is 35.5 Å². The molecule has 4 N–H and O–H groups in total. The van der Waals surface area contributed by atoms with Crippen LogP contribution in [-0.4, -0.2) is 104 Å². The summed E-state index contributed by atoms with van der Waals surface area (Å²) in [5.74, 6) is -6.91. The number of carbonyl (C=O) groups is 2. The van der Waals surface area contributed by atoms with Crippen LogP contribution in [0.3, 0.4) is 0 Å². The van der Waals surface area contributed by atoms with Gasteiger partial charge in [-0.25, -0.2) is 9.59 Å². The highest BCUT2D eigenvalue weighted by atomic mass is 16.9. The van der Waals surface area contributed by atoms with E-state index in [-0.39, 0.29) is 24.5 Å². The Morgan fingerprint density at radius 2 is 1.52 bits per heavy atom. The summed E-state index contributed by atoms with van der Waals surface area (Å²) >= 11 is 0. The number of fused-ring (bicyclic) bond motifs is 1. The van der Waals surface area contributed by atoms with Gasteiger partial charge < -0.3 is 48.8 Å². The second-order valence-corrected chi connectivity index (χ2v) is 17.8. The predicted octanol–water partition coefficient (Wildman–Crippen LogP) is 4.33. The molecular formula is C44H54O12. The molecule has 2 aromatic carbocycles. The lowest BCUT2D eigenvalue weighted by Gasteiger charge is -2.62. The first-order valence-corrected chi connectivity index (χ1v) is 20.4. The molecule has 7 aliphatic rings. The lowest BCUT2D eigenvalue weighted by Crippen LogP contribution is -2.75. The molecule has 0 aromatic heterocycles. The van der Waals surface area contributed by atoms with Crippen LogP contribution >= 0.6 is 0 Å². The van der Waals surface area contributed by atoms with Crippen LogP contribution in [0.15, 0.2) is 72.8 Å². The van der Waals surface area contributed by atoms with Crippen molar-refractivity contribution < 1.29 is 58.4 Å². The molecule has 4 unspecified atom stereocenters. The van der Waals surface area contributed by atoms with Crippen LogP contribution < -0.4 is 0 Å². The molecule has 2 spiro atoms. The van der Waals surface area contributed by atoms with Gasteiger partial charge >= 0.3 is 17.9 Å². The van der Waals surface area contributed by atoms with Gasteiger partial charge in [0.05, 0.1) is 29.9 Å². The minimum absolute atomic E-state index is 0.0865. The molecule has 0 radical (unpaired) electrons. The summed E-state index contributed by atoms with van der Waals surface area (Å²) in [5.41, 5.74) is -5.58. The van der Waals surface area contributed by atoms with Crippen molar-refractivity contribution in [2.75, 3.05) is 13.2 Å². The Balaban J connectivity index is 1.28. The molecule has 3 aliphatic carbocycles. The van der Waals surface area contributed by atoms with Crippen molar-refractivity contribution >= 4 is 11.9 Å². The largest absolute Gasteiger partial charge is 0.462 e. The van der Waals surface area contributed by atoms with Gasteiger partial charge in [-0.2, -0.15) is 0 Å². The summed E-state index contributed by atoms with van der Waals surface area (Å²) in [6.07, 6.45) is -1.51. The van der Waals surface area contributed by atoms with Gasteiger partial charge in [-0.1, -0.05) is 88.9 Å². The summed E-state index contributed by atoms with van der Waals surface area (Å²) in [4.78, 5) is 27.7. The van der Waals surface area contributed by atoms with Crippen LogP contribution in [0.25, 0.3) is 0 Å². The third-order valence-electron chi connectivity index (χ3n) is 14.9. The average molecular weight is 775 g/mol. The molecule has 12 heteroatoms. The fraction of sp³-hybridized carbons (Fsp3) is 0.636. The van der Waals surface area contributed by atoms with E-state index in [1.807, 2.05) is 19.9 Å². The van der Waals surface area contributed by atoms with Crippen LogP contribution in [-0.2, 0) is 28.4 Å². The fourth-order valence-electron chi connectivity index (χ4n) is 12.4. The van der Waals surface area contributed by atoms with E-state index in [1.165, 1.54) is 0 Å². The zero-order chi connectivity index (χ0) is 39.4. The Morgan fingerprint density at radius 3 is 2.16 bits per heavy atom. The second kappa shape index (κ2) is 13.4. The normalized spacial score (nSPS) is 47.3. The monoisotopic (exact) mass is 774 g/mol. The Kier molecular flexibility index (Phi) is 9.19. The van der Waals surface area contributed by atoms with Crippen molar-refractivity contribution in [1.82, 2.24) is 0 Å². The average Bonchev–Trinajstić information content (AvgIpc) is 3.84. The number of hydrogen-bond acceptors (Lipinski definition) is 12. The van der Waals surface area contributed by atoms with E-state index in [4.69, 9.17) is 28.4 Å². The van der Waals surface area contributed by atoms with E-state index in [9.17, 15) is 30.0 Å². The highest BCUT2D eigenvalue weighted by molar-refractivity contribution is 5.90. The van der Waals surface area contributed by atoms with Crippen LogP contribution in [0.5, 0.6) is 0 Å². The number of epoxide rings is 1. The zero-order valence-corrected chi connectivity index (χ0v) is 32.3. The third-order valence-corrected chi connectivity index (χ3v) is 14.9. The molecule has 302 valence electrons. The maximum absolute atomic E-state index is 14.0. The van der Waals surface area contributed by atoms with Crippen molar-refractivity contribution in [3.05, 3.63) is 83.9 Å². The van der Waals surface area contributed by atoms with Crippen LogP contribution in [0.2, 0.25) is 0 Å². The molecule has 7 fully saturated rings. The number of hydrogen-bond donors (Lipinski definition) is 4. The number of rotatable bonds is 7. The van der Waals surface area contributed by atoms with Crippen molar-refractivity contribution in [1.29, 1.82) is 0 Å². The second-order valence-electron chi connectivity index (χ2n) is 17.8. The van der Waals surface area contributed by atoms with E-state index in [1.54, 1.807) is 54.6 Å². The number of aliphatic hydroxyl groups excluding tert-OH is 3. The molecular weight excluding hydrogens is 720 g/mol. The Morgan fingerprint density at radius 1 is 0.875 bits per heavy atom. The molecule has 4 heterocycles. The Labute approximate surface area is 327 Å². The quantitative estimate of drug-likeness (QED) is 0.179. The van der Waals surface area contributed by atoms with Gasteiger partial charge in [0.1, 0.15) is 47.3 Å². The Hall–Kier alpha value is -3.20. The first kappa shape index (κ1) is 38.3. The molecule has 2 aromatic rings. The molecule has 12 nitrogen and oxygen atoms in total.